The van der Waals surface area contributed by atoms with E-state index in [2.05, 4.69) is 68.9 Å². The highest BCUT2D eigenvalue weighted by atomic mass is 19.3. The van der Waals surface area contributed by atoms with Gasteiger partial charge in [0.1, 0.15) is 0 Å². The molecule has 4 rings (SSSR count). The summed E-state index contributed by atoms with van der Waals surface area (Å²) in [5, 5.41) is 19.8. The Balaban J connectivity index is 1.49. The van der Waals surface area contributed by atoms with Crippen molar-refractivity contribution in [3.63, 3.8) is 0 Å². The van der Waals surface area contributed by atoms with Gasteiger partial charge in [-0.15, -0.1) is 5.17 Å². The Morgan fingerprint density at radius 1 is 1.17 bits per heavy atom. The van der Waals surface area contributed by atoms with Crippen molar-refractivity contribution in [1.29, 1.82) is 0 Å². The van der Waals surface area contributed by atoms with Crippen LogP contribution in [-0.2, 0) is 4.84 Å². The van der Waals surface area contributed by atoms with E-state index < -0.39 is 18.6 Å². The van der Waals surface area contributed by atoms with Crippen LogP contribution in [0.5, 0.6) is 0 Å². The topological polar surface area (TPSA) is 102 Å². The zero-order valence-corrected chi connectivity index (χ0v) is 21.0. The first-order valence-corrected chi connectivity index (χ1v) is 11.9. The Morgan fingerprint density at radius 2 is 1.89 bits per heavy atom. The first-order chi connectivity index (χ1) is 16.9. The molecule has 196 valence electrons. The van der Waals surface area contributed by atoms with Crippen molar-refractivity contribution >= 4 is 23.1 Å². The van der Waals surface area contributed by atoms with Gasteiger partial charge in [0.15, 0.2) is 17.8 Å². The maximum absolute atomic E-state index is 14.6. The summed E-state index contributed by atoms with van der Waals surface area (Å²) in [7, 11) is 0. The fraction of sp³-hybridized carbons (Fsp3) is 0.565. The van der Waals surface area contributed by atoms with E-state index in [1.54, 1.807) is 24.3 Å². The molecule has 1 fully saturated rings. The average molecular weight is 508 g/mol. The van der Waals surface area contributed by atoms with Crippen LogP contribution in [0.1, 0.15) is 53.9 Å². The summed E-state index contributed by atoms with van der Waals surface area (Å²) in [6.07, 6.45) is 2.53. The van der Waals surface area contributed by atoms with E-state index >= 15 is 0 Å². The molecule has 0 radical (unpaired) electrons. The highest BCUT2D eigenvalue weighted by molar-refractivity contribution is 5.62. The van der Waals surface area contributed by atoms with Crippen LogP contribution in [0.2, 0.25) is 0 Å². The number of nitrogens with one attached hydrogen (secondary N) is 3. The maximum atomic E-state index is 14.6. The molecule has 1 aromatic heterocycles. The minimum absolute atomic E-state index is 0.0294. The van der Waals surface area contributed by atoms with E-state index in [4.69, 9.17) is 0 Å². The lowest BCUT2D eigenvalue weighted by Crippen LogP contribution is -2.60. The molecule has 0 spiro atoms. The number of halogens is 3. The first kappa shape index (κ1) is 25.9. The quantitative estimate of drug-likeness (QED) is 0.438. The van der Waals surface area contributed by atoms with Gasteiger partial charge in [0.2, 0.25) is 5.95 Å². The zero-order valence-electron chi connectivity index (χ0n) is 21.0. The lowest BCUT2D eigenvalue weighted by Gasteiger charge is -2.46. The third-order valence-electron chi connectivity index (χ3n) is 5.96. The Bertz CT molecular complexity index is 1080. The van der Waals surface area contributed by atoms with E-state index in [-0.39, 0.29) is 28.9 Å². The molecule has 3 heterocycles. The molecule has 13 heteroatoms. The number of alkyl halides is 2. The van der Waals surface area contributed by atoms with Gasteiger partial charge in [-0.05, 0) is 75.6 Å². The van der Waals surface area contributed by atoms with Crippen molar-refractivity contribution in [2.45, 2.75) is 83.8 Å². The van der Waals surface area contributed by atoms with E-state index in [9.17, 15) is 13.2 Å². The maximum Gasteiger partial charge on any atom is 0.366 e. The van der Waals surface area contributed by atoms with Crippen molar-refractivity contribution in [1.82, 2.24) is 20.5 Å². The smallest absolute Gasteiger partial charge is 0.365 e. The van der Waals surface area contributed by atoms with Gasteiger partial charge in [-0.1, -0.05) is 13.0 Å². The third-order valence-corrected chi connectivity index (χ3v) is 5.96. The normalized spacial score (nSPS) is 21.3. The summed E-state index contributed by atoms with van der Waals surface area (Å²) in [5.74, 6) is -0.201. The average Bonchev–Trinajstić information content (AvgIpc) is 3.16. The van der Waals surface area contributed by atoms with Crippen molar-refractivity contribution < 1.29 is 18.0 Å². The second kappa shape index (κ2) is 10.1. The van der Waals surface area contributed by atoms with E-state index in [1.807, 2.05) is 6.92 Å². The number of anilines is 4. The molecule has 2 aliphatic rings. The largest absolute Gasteiger partial charge is 0.366 e. The Hall–Kier alpha value is -3.19. The number of benzene rings is 1. The van der Waals surface area contributed by atoms with Gasteiger partial charge in [0.05, 0.1) is 11.9 Å². The van der Waals surface area contributed by atoms with Crippen LogP contribution in [0, 0.1) is 5.82 Å². The van der Waals surface area contributed by atoms with Crippen molar-refractivity contribution in [3.05, 3.63) is 36.3 Å². The van der Waals surface area contributed by atoms with E-state index in [0.717, 1.165) is 24.2 Å². The predicted molar refractivity (Wildman–Crippen MR) is 130 cm³/mol. The molecule has 1 unspecified atom stereocenters. The summed E-state index contributed by atoms with van der Waals surface area (Å²) in [6, 6.07) is 7.08. The van der Waals surface area contributed by atoms with Crippen molar-refractivity contribution in [3.8, 4) is 0 Å². The van der Waals surface area contributed by atoms with E-state index in [0.29, 0.717) is 17.8 Å². The second-order valence-corrected chi connectivity index (χ2v) is 10.3. The summed E-state index contributed by atoms with van der Waals surface area (Å²) >= 11 is 0. The minimum atomic E-state index is -3.01. The molecule has 1 atom stereocenters. The highest BCUT2D eigenvalue weighted by Crippen LogP contribution is 2.32. The number of hydroxylamine groups is 1. The van der Waals surface area contributed by atoms with Crippen LogP contribution < -0.4 is 21.0 Å². The monoisotopic (exact) mass is 507 g/mol. The van der Waals surface area contributed by atoms with Crippen LogP contribution >= 0.6 is 0 Å². The highest BCUT2D eigenvalue weighted by Gasteiger charge is 2.38. The summed E-state index contributed by atoms with van der Waals surface area (Å²) in [4.78, 5) is 12.9. The lowest BCUT2D eigenvalue weighted by molar-refractivity contribution is -0.295. The first-order valence-electron chi connectivity index (χ1n) is 11.9. The SMILES string of the molecule is CCC1N(OC(F)F)N=NN1c1cccc(Nc2ncc(F)c(NC3CC(C)(C)NC(C)(C)C3)n2)c1. The number of nitrogens with zero attached hydrogens (tertiary/aromatic N) is 6. The van der Waals surface area contributed by atoms with Crippen LogP contribution in [0.15, 0.2) is 40.9 Å². The number of hydrogen-bond acceptors (Lipinski definition) is 10. The predicted octanol–water partition coefficient (Wildman–Crippen LogP) is 5.37. The van der Waals surface area contributed by atoms with Gasteiger partial charge < -0.3 is 16.0 Å². The molecule has 3 N–H and O–H groups in total. The molecule has 2 aliphatic heterocycles. The second-order valence-electron chi connectivity index (χ2n) is 10.3. The third kappa shape index (κ3) is 6.13. The number of rotatable bonds is 8. The van der Waals surface area contributed by atoms with Crippen LogP contribution in [0.4, 0.5) is 36.3 Å². The molecule has 0 aliphatic carbocycles. The molecule has 2 aromatic rings. The number of piperidine rings is 1. The summed E-state index contributed by atoms with van der Waals surface area (Å²) in [6.45, 7) is 7.30. The summed E-state index contributed by atoms with van der Waals surface area (Å²) in [5.41, 5.74) is 0.982. The van der Waals surface area contributed by atoms with Crippen LogP contribution in [0.3, 0.4) is 0 Å². The van der Waals surface area contributed by atoms with Gasteiger partial charge in [0.25, 0.3) is 0 Å². The van der Waals surface area contributed by atoms with Gasteiger partial charge in [0, 0.05) is 22.8 Å². The van der Waals surface area contributed by atoms with E-state index in [1.165, 1.54) is 5.01 Å². The molecule has 0 amide bonds. The molecule has 1 saturated heterocycles. The number of hydrogen-bond donors (Lipinski definition) is 3. The van der Waals surface area contributed by atoms with Gasteiger partial charge in [-0.2, -0.15) is 18.6 Å². The zero-order chi connectivity index (χ0) is 26.1. The molecule has 36 heavy (non-hydrogen) atoms. The Labute approximate surface area is 208 Å². The molecule has 0 bridgehead atoms. The fourth-order valence-corrected chi connectivity index (χ4v) is 5.02. The molecule has 1 aromatic carbocycles. The summed E-state index contributed by atoms with van der Waals surface area (Å²) < 4.78 is 39.9. The minimum Gasteiger partial charge on any atom is -0.365 e. The van der Waals surface area contributed by atoms with Crippen molar-refractivity contribution in [2.75, 3.05) is 15.6 Å². The molecule has 0 saturated carbocycles. The molecular weight excluding hydrogens is 475 g/mol. The van der Waals surface area contributed by atoms with Crippen molar-refractivity contribution in [2.24, 2.45) is 10.4 Å². The molecule has 10 nitrogen and oxygen atoms in total. The van der Waals surface area contributed by atoms with Gasteiger partial charge in [-0.25, -0.2) is 14.4 Å². The van der Waals surface area contributed by atoms with Gasteiger partial charge >= 0.3 is 6.61 Å². The van der Waals surface area contributed by atoms with Gasteiger partial charge in [-0.3, -0.25) is 0 Å². The standard InChI is InChI=1S/C23H32F3N9O/c1-6-18-34(32-33-35(18)36-20(25)26)16-9-7-8-14(10-16)29-21-27-13-17(24)19(30-21)28-15-11-22(2,3)31-23(4,5)12-15/h7-10,13,15,18,20,31H,6,11-12H2,1-5H3,(H2,27,28,29,30). The molecular formula is C23H32F3N9O. The van der Waals surface area contributed by atoms with Crippen LogP contribution in [0.25, 0.3) is 0 Å². The fourth-order valence-electron chi connectivity index (χ4n) is 5.02. The Kier molecular flexibility index (Phi) is 7.23. The van der Waals surface area contributed by atoms with Crippen LogP contribution in [-0.4, -0.2) is 45.0 Å². The Morgan fingerprint density at radius 3 is 2.56 bits per heavy atom. The number of aromatic nitrogens is 2. The lowest BCUT2D eigenvalue weighted by atomic mass is 9.79.